The summed E-state index contributed by atoms with van der Waals surface area (Å²) in [6.07, 6.45) is 0.500. The number of piperidine rings is 1. The third-order valence-electron chi connectivity index (χ3n) is 5.25. The largest absolute Gasteiger partial charge is 0.435 e. The first kappa shape index (κ1) is 21.8. The summed E-state index contributed by atoms with van der Waals surface area (Å²) in [5.41, 5.74) is -0.653. The lowest BCUT2D eigenvalue weighted by Crippen LogP contribution is -2.30. The molecule has 0 unspecified atom stereocenters. The Morgan fingerprint density at radius 3 is 2.66 bits per heavy atom. The van der Waals surface area contributed by atoms with Crippen LogP contribution in [0.15, 0.2) is 28.9 Å². The van der Waals surface area contributed by atoms with Crippen LogP contribution in [0.25, 0.3) is 11.4 Å². The first-order valence-electron chi connectivity index (χ1n) is 10.2. The highest BCUT2D eigenvalue weighted by molar-refractivity contribution is 5.92. The van der Waals surface area contributed by atoms with Crippen LogP contribution in [0.2, 0.25) is 0 Å². The Labute approximate surface area is 181 Å². The van der Waals surface area contributed by atoms with E-state index in [1.807, 2.05) is 6.07 Å². The van der Waals surface area contributed by atoms with Gasteiger partial charge in [0.25, 0.3) is 5.91 Å². The predicted molar refractivity (Wildman–Crippen MR) is 108 cm³/mol. The van der Waals surface area contributed by atoms with Crippen molar-refractivity contribution < 1.29 is 22.5 Å². The van der Waals surface area contributed by atoms with Crippen LogP contribution in [0.3, 0.4) is 0 Å². The molecule has 0 saturated carbocycles. The molecule has 3 aromatic heterocycles. The van der Waals surface area contributed by atoms with Crippen molar-refractivity contribution in [2.45, 2.75) is 38.4 Å². The third kappa shape index (κ3) is 4.58. The molecule has 4 rings (SSSR count). The zero-order valence-corrected chi connectivity index (χ0v) is 17.6. The van der Waals surface area contributed by atoms with Gasteiger partial charge in [-0.15, -0.1) is 0 Å². The van der Waals surface area contributed by atoms with Gasteiger partial charge in [-0.2, -0.15) is 23.3 Å². The summed E-state index contributed by atoms with van der Waals surface area (Å²) in [7, 11) is 1.27. The molecule has 1 saturated heterocycles. The Balaban J connectivity index is 1.47. The molecule has 32 heavy (non-hydrogen) atoms. The monoisotopic (exact) mass is 449 g/mol. The summed E-state index contributed by atoms with van der Waals surface area (Å²) in [5.74, 6) is 0.565. The van der Waals surface area contributed by atoms with Crippen LogP contribution in [0, 0.1) is 0 Å². The van der Waals surface area contributed by atoms with Crippen molar-refractivity contribution in [2.75, 3.05) is 18.0 Å². The fourth-order valence-corrected chi connectivity index (χ4v) is 3.53. The molecule has 0 spiro atoms. The lowest BCUT2D eigenvalue weighted by atomic mass is 10.1. The fourth-order valence-electron chi connectivity index (χ4n) is 3.53. The molecule has 12 heteroatoms. The number of aromatic nitrogens is 5. The van der Waals surface area contributed by atoms with E-state index in [0.29, 0.717) is 11.9 Å². The minimum atomic E-state index is -4.64. The zero-order chi connectivity index (χ0) is 22.9. The van der Waals surface area contributed by atoms with E-state index in [0.717, 1.165) is 42.0 Å². The molecular weight excluding hydrogens is 427 g/mol. The standard InChI is InChI=1S/C20H22F3N7O2/c1-12(25-18(31)14-11-15(20(21,22)23)27-29(14)2)19-26-17(28-32-19)13-6-7-24-16(10-13)30-8-4-3-5-9-30/h6-7,10-12H,3-5,8-9H2,1-2H3,(H,25,31)/t12-/m0/s1. The van der Waals surface area contributed by atoms with Gasteiger partial charge in [0.15, 0.2) is 5.69 Å². The molecule has 1 aliphatic rings. The highest BCUT2D eigenvalue weighted by Crippen LogP contribution is 2.28. The Kier molecular flexibility index (Phi) is 5.85. The van der Waals surface area contributed by atoms with Crippen LogP contribution >= 0.6 is 0 Å². The number of carbonyl (C=O) groups excluding carboxylic acids is 1. The number of pyridine rings is 1. The number of carbonyl (C=O) groups is 1. The average Bonchev–Trinajstić information content (AvgIpc) is 3.42. The highest BCUT2D eigenvalue weighted by atomic mass is 19.4. The molecule has 0 aromatic carbocycles. The smallest absolute Gasteiger partial charge is 0.357 e. The van der Waals surface area contributed by atoms with Crippen LogP contribution in [-0.4, -0.2) is 43.9 Å². The van der Waals surface area contributed by atoms with Crippen LogP contribution < -0.4 is 10.2 Å². The SMILES string of the molecule is C[C@H](NC(=O)c1cc(C(F)(F)F)nn1C)c1nc(-c2ccnc(N3CCCCC3)c2)no1. The topological polar surface area (TPSA) is 102 Å². The van der Waals surface area contributed by atoms with Crippen molar-refractivity contribution in [3.8, 4) is 11.4 Å². The Morgan fingerprint density at radius 1 is 1.22 bits per heavy atom. The summed E-state index contributed by atoms with van der Waals surface area (Å²) >= 11 is 0. The summed E-state index contributed by atoms with van der Waals surface area (Å²) in [5, 5.41) is 9.88. The van der Waals surface area contributed by atoms with E-state index in [4.69, 9.17) is 4.52 Å². The van der Waals surface area contributed by atoms with Gasteiger partial charge in [0, 0.05) is 38.0 Å². The van der Waals surface area contributed by atoms with Crippen molar-refractivity contribution in [2.24, 2.45) is 7.05 Å². The number of amides is 1. The molecule has 3 aromatic rings. The van der Waals surface area contributed by atoms with Crippen molar-refractivity contribution in [1.29, 1.82) is 0 Å². The molecule has 170 valence electrons. The van der Waals surface area contributed by atoms with Gasteiger partial charge in [0.1, 0.15) is 17.6 Å². The van der Waals surface area contributed by atoms with Gasteiger partial charge in [-0.05, 0) is 38.3 Å². The van der Waals surface area contributed by atoms with Gasteiger partial charge in [-0.3, -0.25) is 9.48 Å². The first-order chi connectivity index (χ1) is 15.2. The molecule has 1 atom stereocenters. The van der Waals surface area contributed by atoms with Gasteiger partial charge in [0.05, 0.1) is 0 Å². The number of alkyl halides is 3. The molecule has 4 heterocycles. The molecule has 1 aliphatic heterocycles. The highest BCUT2D eigenvalue weighted by Gasteiger charge is 2.35. The normalized spacial score (nSPS) is 15.6. The van der Waals surface area contributed by atoms with E-state index in [1.54, 1.807) is 19.2 Å². The summed E-state index contributed by atoms with van der Waals surface area (Å²) in [4.78, 5) is 23.4. The summed E-state index contributed by atoms with van der Waals surface area (Å²) in [6.45, 7) is 3.49. The summed E-state index contributed by atoms with van der Waals surface area (Å²) < 4.78 is 44.7. The third-order valence-corrected chi connectivity index (χ3v) is 5.25. The Morgan fingerprint density at radius 2 is 1.97 bits per heavy atom. The van der Waals surface area contributed by atoms with E-state index >= 15 is 0 Å². The van der Waals surface area contributed by atoms with Crippen molar-refractivity contribution in [3.63, 3.8) is 0 Å². The maximum absolute atomic E-state index is 12.8. The van der Waals surface area contributed by atoms with Gasteiger partial charge in [-0.1, -0.05) is 5.16 Å². The zero-order valence-electron chi connectivity index (χ0n) is 17.6. The second kappa shape index (κ2) is 8.60. The van der Waals surface area contributed by atoms with E-state index in [-0.39, 0.29) is 11.6 Å². The Hall–Kier alpha value is -3.44. The maximum Gasteiger partial charge on any atom is 0.435 e. The number of nitrogens with zero attached hydrogens (tertiary/aromatic N) is 6. The van der Waals surface area contributed by atoms with Crippen molar-refractivity contribution in [1.82, 2.24) is 30.2 Å². The number of aryl methyl sites for hydroxylation is 1. The number of hydrogen-bond acceptors (Lipinski definition) is 7. The molecular formula is C20H22F3N7O2. The van der Waals surface area contributed by atoms with Crippen LogP contribution in [-0.2, 0) is 13.2 Å². The number of anilines is 1. The van der Waals surface area contributed by atoms with Gasteiger partial charge < -0.3 is 14.7 Å². The number of rotatable bonds is 5. The second-order valence-electron chi connectivity index (χ2n) is 7.64. The van der Waals surface area contributed by atoms with Crippen LogP contribution in [0.1, 0.15) is 54.3 Å². The van der Waals surface area contributed by atoms with Crippen LogP contribution in [0.4, 0.5) is 19.0 Å². The first-order valence-corrected chi connectivity index (χ1v) is 10.2. The molecule has 9 nitrogen and oxygen atoms in total. The van der Waals surface area contributed by atoms with Gasteiger partial charge in [-0.25, -0.2) is 4.98 Å². The molecule has 1 N–H and O–H groups in total. The average molecular weight is 449 g/mol. The number of hydrogen-bond donors (Lipinski definition) is 1. The summed E-state index contributed by atoms with van der Waals surface area (Å²) in [6, 6.07) is 3.62. The molecule has 0 aliphatic carbocycles. The van der Waals surface area contributed by atoms with Gasteiger partial charge >= 0.3 is 6.18 Å². The fraction of sp³-hybridized carbons (Fsp3) is 0.450. The maximum atomic E-state index is 12.8. The minimum Gasteiger partial charge on any atom is -0.357 e. The molecule has 1 fully saturated rings. The van der Waals surface area contributed by atoms with E-state index in [1.165, 1.54) is 13.5 Å². The van der Waals surface area contributed by atoms with Crippen LogP contribution in [0.5, 0.6) is 0 Å². The Bertz CT molecular complexity index is 1100. The predicted octanol–water partition coefficient (Wildman–Crippen LogP) is 3.37. The molecule has 1 amide bonds. The molecule has 0 bridgehead atoms. The molecule has 0 radical (unpaired) electrons. The van der Waals surface area contributed by atoms with E-state index < -0.39 is 23.8 Å². The van der Waals surface area contributed by atoms with Gasteiger partial charge in [0.2, 0.25) is 11.7 Å². The second-order valence-corrected chi connectivity index (χ2v) is 7.64. The van der Waals surface area contributed by atoms with Crippen molar-refractivity contribution in [3.05, 3.63) is 41.7 Å². The van der Waals surface area contributed by atoms with E-state index in [2.05, 4.69) is 30.4 Å². The van der Waals surface area contributed by atoms with E-state index in [9.17, 15) is 18.0 Å². The lowest BCUT2D eigenvalue weighted by molar-refractivity contribution is -0.141. The lowest BCUT2D eigenvalue weighted by Gasteiger charge is -2.27. The van der Waals surface area contributed by atoms with Crippen molar-refractivity contribution >= 4 is 11.7 Å². The number of nitrogens with one attached hydrogen (secondary N) is 1. The minimum absolute atomic E-state index is 0.128. The quantitative estimate of drug-likeness (QED) is 0.637. The number of halogens is 3.